The smallest absolute Gasteiger partial charge is 0.234 e. The van der Waals surface area contributed by atoms with Gasteiger partial charge in [-0.1, -0.05) is 0 Å². The van der Waals surface area contributed by atoms with E-state index in [-0.39, 0.29) is 30.3 Å². The van der Waals surface area contributed by atoms with E-state index in [2.05, 4.69) is 5.32 Å². The molecule has 1 saturated heterocycles. The first-order valence-corrected chi connectivity index (χ1v) is 8.47. The van der Waals surface area contributed by atoms with E-state index >= 15 is 0 Å². The average molecular weight is 349 g/mol. The Morgan fingerprint density at radius 1 is 1.36 bits per heavy atom. The third-order valence-corrected chi connectivity index (χ3v) is 4.56. The summed E-state index contributed by atoms with van der Waals surface area (Å²) >= 11 is 0. The lowest BCUT2D eigenvalue weighted by Crippen LogP contribution is -2.45. The molecular formula is C18H27N3O4. The Morgan fingerprint density at radius 2 is 2.12 bits per heavy atom. The molecule has 0 saturated carbocycles. The number of hydrogen-bond acceptors (Lipinski definition) is 5. The number of carbonyl (C=O) groups is 2. The van der Waals surface area contributed by atoms with Crippen molar-refractivity contribution in [2.75, 3.05) is 33.9 Å². The molecule has 1 fully saturated rings. The number of rotatable bonds is 7. The van der Waals surface area contributed by atoms with Crippen LogP contribution in [-0.2, 0) is 9.59 Å². The van der Waals surface area contributed by atoms with Crippen LogP contribution in [0.4, 0.5) is 0 Å². The van der Waals surface area contributed by atoms with Crippen LogP contribution in [0.1, 0.15) is 31.4 Å². The van der Waals surface area contributed by atoms with Gasteiger partial charge in [0.1, 0.15) is 11.5 Å². The van der Waals surface area contributed by atoms with E-state index in [1.165, 1.54) is 0 Å². The van der Waals surface area contributed by atoms with Crippen LogP contribution < -0.4 is 20.5 Å². The van der Waals surface area contributed by atoms with Crippen molar-refractivity contribution < 1.29 is 19.1 Å². The molecule has 0 bridgehead atoms. The third kappa shape index (κ3) is 5.09. The van der Waals surface area contributed by atoms with E-state index < -0.39 is 0 Å². The molecule has 2 rings (SSSR count). The summed E-state index contributed by atoms with van der Waals surface area (Å²) in [4.78, 5) is 25.7. The van der Waals surface area contributed by atoms with Crippen molar-refractivity contribution in [2.45, 2.75) is 25.8 Å². The number of methoxy groups -OCH3 is 2. The summed E-state index contributed by atoms with van der Waals surface area (Å²) in [6, 6.07) is 5.26. The highest BCUT2D eigenvalue weighted by Crippen LogP contribution is 2.29. The van der Waals surface area contributed by atoms with Crippen LogP contribution in [0, 0.1) is 5.92 Å². The number of hydrogen-bond donors (Lipinski definition) is 2. The van der Waals surface area contributed by atoms with E-state index in [9.17, 15) is 9.59 Å². The van der Waals surface area contributed by atoms with Gasteiger partial charge in [-0.3, -0.25) is 14.5 Å². The maximum Gasteiger partial charge on any atom is 0.234 e. The molecule has 7 heteroatoms. The number of piperidine rings is 1. The third-order valence-electron chi connectivity index (χ3n) is 4.56. The summed E-state index contributed by atoms with van der Waals surface area (Å²) < 4.78 is 10.6. The van der Waals surface area contributed by atoms with E-state index in [0.29, 0.717) is 18.0 Å². The molecule has 1 aliphatic heterocycles. The summed E-state index contributed by atoms with van der Waals surface area (Å²) in [5, 5.41) is 2.98. The monoisotopic (exact) mass is 349 g/mol. The highest BCUT2D eigenvalue weighted by Gasteiger charge is 2.25. The number of nitrogens with one attached hydrogen (secondary N) is 1. The molecule has 1 aliphatic rings. The zero-order valence-corrected chi connectivity index (χ0v) is 15.1. The molecule has 138 valence electrons. The van der Waals surface area contributed by atoms with Crippen molar-refractivity contribution in [2.24, 2.45) is 11.7 Å². The second-order valence-electron chi connectivity index (χ2n) is 6.37. The lowest BCUT2D eigenvalue weighted by molar-refractivity contribution is -0.127. The number of primary amides is 1. The maximum absolute atomic E-state index is 12.4. The van der Waals surface area contributed by atoms with Crippen molar-refractivity contribution in [3.63, 3.8) is 0 Å². The lowest BCUT2D eigenvalue weighted by atomic mass is 9.97. The van der Waals surface area contributed by atoms with Crippen LogP contribution in [0.15, 0.2) is 18.2 Å². The van der Waals surface area contributed by atoms with Gasteiger partial charge in [-0.05, 0) is 44.5 Å². The van der Waals surface area contributed by atoms with Crippen molar-refractivity contribution in [3.8, 4) is 11.5 Å². The molecule has 0 aromatic heterocycles. The number of likely N-dealkylation sites (tertiary alicyclic amines) is 1. The highest BCUT2D eigenvalue weighted by molar-refractivity contribution is 5.79. The normalized spacial score (nSPS) is 19.1. The van der Waals surface area contributed by atoms with Gasteiger partial charge in [0.25, 0.3) is 0 Å². The first kappa shape index (κ1) is 19.1. The predicted molar refractivity (Wildman–Crippen MR) is 94.5 cm³/mol. The number of nitrogens with two attached hydrogens (primary N) is 1. The van der Waals surface area contributed by atoms with E-state index in [1.807, 2.05) is 30.0 Å². The van der Waals surface area contributed by atoms with Gasteiger partial charge in [0.15, 0.2) is 0 Å². The number of benzene rings is 1. The molecule has 0 radical (unpaired) electrons. The summed E-state index contributed by atoms with van der Waals surface area (Å²) in [7, 11) is 3.19. The fourth-order valence-electron chi connectivity index (χ4n) is 3.18. The van der Waals surface area contributed by atoms with Crippen LogP contribution >= 0.6 is 0 Å². The van der Waals surface area contributed by atoms with Gasteiger partial charge < -0.3 is 20.5 Å². The van der Waals surface area contributed by atoms with Gasteiger partial charge in [-0.15, -0.1) is 0 Å². The molecule has 0 aliphatic carbocycles. The summed E-state index contributed by atoms with van der Waals surface area (Å²) in [5.41, 5.74) is 6.24. The molecule has 3 N–H and O–H groups in total. The summed E-state index contributed by atoms with van der Waals surface area (Å²) in [6.07, 6.45) is 1.67. The Labute approximate surface area is 148 Å². The standard InChI is InChI=1S/C18H27N3O4/c1-12(15-9-14(24-2)6-7-16(15)25-3)20-17(22)11-21-8-4-5-13(10-21)18(19)23/h6-7,9,12-13H,4-5,8,10-11H2,1-3H3,(H2,19,23)(H,20,22)/t12-,13+/m1/s1. The summed E-state index contributed by atoms with van der Waals surface area (Å²) in [6.45, 7) is 3.49. The summed E-state index contributed by atoms with van der Waals surface area (Å²) in [5.74, 6) is 0.845. The number of nitrogens with zero attached hydrogens (tertiary/aromatic N) is 1. The minimum Gasteiger partial charge on any atom is -0.497 e. The maximum atomic E-state index is 12.4. The molecule has 25 heavy (non-hydrogen) atoms. The Bertz CT molecular complexity index is 620. The van der Waals surface area contributed by atoms with Crippen LogP contribution in [0.5, 0.6) is 11.5 Å². The zero-order chi connectivity index (χ0) is 18.4. The van der Waals surface area contributed by atoms with Crippen molar-refractivity contribution in [3.05, 3.63) is 23.8 Å². The minimum atomic E-state index is -0.292. The Morgan fingerprint density at radius 3 is 2.76 bits per heavy atom. The van der Waals surface area contributed by atoms with Crippen molar-refractivity contribution in [1.82, 2.24) is 10.2 Å². The molecule has 1 aromatic carbocycles. The van der Waals surface area contributed by atoms with Gasteiger partial charge in [0.05, 0.1) is 32.7 Å². The minimum absolute atomic E-state index is 0.0949. The SMILES string of the molecule is COc1ccc(OC)c([C@@H](C)NC(=O)CN2CCC[C@H](C(N)=O)C2)c1. The first-order valence-electron chi connectivity index (χ1n) is 8.47. The average Bonchev–Trinajstić information content (AvgIpc) is 2.61. The lowest BCUT2D eigenvalue weighted by Gasteiger charge is -2.31. The fourth-order valence-corrected chi connectivity index (χ4v) is 3.18. The number of ether oxygens (including phenoxy) is 2. The van der Waals surface area contributed by atoms with Gasteiger partial charge in [0, 0.05) is 12.1 Å². The van der Waals surface area contributed by atoms with Crippen LogP contribution in [0.25, 0.3) is 0 Å². The Hall–Kier alpha value is -2.28. The van der Waals surface area contributed by atoms with Crippen LogP contribution in [0.3, 0.4) is 0 Å². The highest BCUT2D eigenvalue weighted by atomic mass is 16.5. The van der Waals surface area contributed by atoms with Gasteiger partial charge in [0.2, 0.25) is 11.8 Å². The molecule has 0 unspecified atom stereocenters. The predicted octanol–water partition coefficient (Wildman–Crippen LogP) is 1.08. The van der Waals surface area contributed by atoms with Crippen molar-refractivity contribution >= 4 is 11.8 Å². The van der Waals surface area contributed by atoms with Crippen molar-refractivity contribution in [1.29, 1.82) is 0 Å². The molecule has 1 heterocycles. The molecule has 0 spiro atoms. The topological polar surface area (TPSA) is 93.9 Å². The second kappa shape index (κ2) is 8.71. The quantitative estimate of drug-likeness (QED) is 0.768. The van der Waals surface area contributed by atoms with Crippen LogP contribution in [0.2, 0.25) is 0 Å². The Kier molecular flexibility index (Phi) is 6.64. The molecule has 1 aromatic rings. The number of carbonyl (C=O) groups excluding carboxylic acids is 2. The largest absolute Gasteiger partial charge is 0.497 e. The first-order chi connectivity index (χ1) is 11.9. The zero-order valence-electron chi connectivity index (χ0n) is 15.1. The van der Waals surface area contributed by atoms with Gasteiger partial charge >= 0.3 is 0 Å². The van der Waals surface area contributed by atoms with Gasteiger partial charge in [-0.25, -0.2) is 0 Å². The molecule has 2 atom stereocenters. The molecule has 2 amide bonds. The van der Waals surface area contributed by atoms with E-state index in [1.54, 1.807) is 14.2 Å². The molecular weight excluding hydrogens is 322 g/mol. The second-order valence-corrected chi connectivity index (χ2v) is 6.37. The van der Waals surface area contributed by atoms with E-state index in [4.69, 9.17) is 15.2 Å². The number of amides is 2. The van der Waals surface area contributed by atoms with Gasteiger partial charge in [-0.2, -0.15) is 0 Å². The van der Waals surface area contributed by atoms with Crippen LogP contribution in [-0.4, -0.2) is 50.6 Å². The van der Waals surface area contributed by atoms with E-state index in [0.717, 1.165) is 24.9 Å². The molecule has 7 nitrogen and oxygen atoms in total. The fraction of sp³-hybridized carbons (Fsp3) is 0.556. The Balaban J connectivity index is 1.97.